The van der Waals surface area contributed by atoms with Crippen molar-refractivity contribution in [3.8, 4) is 0 Å². The van der Waals surface area contributed by atoms with Gasteiger partial charge in [-0.1, -0.05) is 118 Å². The number of rotatable bonds is 22. The van der Waals surface area contributed by atoms with E-state index < -0.39 is 22.4 Å². The molecule has 1 aromatic rings. The third-order valence-electron chi connectivity index (χ3n) is 13.7. The van der Waals surface area contributed by atoms with E-state index in [1.54, 1.807) is 0 Å². The highest BCUT2D eigenvalue weighted by Crippen LogP contribution is 2.44. The van der Waals surface area contributed by atoms with Crippen LogP contribution in [0.5, 0.6) is 0 Å². The van der Waals surface area contributed by atoms with Crippen LogP contribution in [-0.2, 0) is 27.9 Å². The molecule has 2 fully saturated rings. The third kappa shape index (κ3) is 12.8. The lowest BCUT2D eigenvalue weighted by atomic mass is 9.97. The molecule has 11 heteroatoms. The molecular formula is C49H82N2O7Si2. The number of urea groups is 1. The number of carbonyl (C=O) groups excluding carboxylic acids is 2. The van der Waals surface area contributed by atoms with E-state index in [0.717, 1.165) is 44.1 Å². The molecule has 3 heterocycles. The van der Waals surface area contributed by atoms with Gasteiger partial charge in [-0.15, -0.1) is 0 Å². The molecule has 1 N–H and O–H groups in total. The first-order valence-electron chi connectivity index (χ1n) is 23.3. The van der Waals surface area contributed by atoms with E-state index in [1.165, 1.54) is 0 Å². The lowest BCUT2D eigenvalue weighted by molar-refractivity contribution is -0.277. The van der Waals surface area contributed by atoms with Gasteiger partial charge in [-0.3, -0.25) is 0 Å². The van der Waals surface area contributed by atoms with Crippen molar-refractivity contribution in [2.75, 3.05) is 19.8 Å². The van der Waals surface area contributed by atoms with Gasteiger partial charge < -0.3 is 33.3 Å². The number of nitrogens with one attached hydrogen (secondary N) is 1. The second-order valence-electron chi connectivity index (χ2n) is 20.0. The van der Waals surface area contributed by atoms with E-state index in [0.29, 0.717) is 66.8 Å². The minimum Gasteiger partial charge on any atom is -0.458 e. The van der Waals surface area contributed by atoms with Crippen LogP contribution in [0.4, 0.5) is 4.79 Å². The zero-order valence-corrected chi connectivity index (χ0v) is 41.7. The molecular weight excluding hydrogens is 785 g/mol. The van der Waals surface area contributed by atoms with Crippen molar-refractivity contribution in [2.24, 2.45) is 0 Å². The van der Waals surface area contributed by atoms with Crippen molar-refractivity contribution >= 4 is 34.7 Å². The van der Waals surface area contributed by atoms with Crippen molar-refractivity contribution in [1.29, 1.82) is 0 Å². The van der Waals surface area contributed by atoms with Crippen LogP contribution in [0.1, 0.15) is 146 Å². The molecule has 0 spiro atoms. The predicted octanol–water partition coefficient (Wildman–Crippen LogP) is 12.5. The van der Waals surface area contributed by atoms with Crippen LogP contribution in [-0.4, -0.2) is 83.4 Å². The molecule has 0 aromatic heterocycles. The number of carbonyl (C=O) groups is 2. The quantitative estimate of drug-likeness (QED) is 0.0704. The van der Waals surface area contributed by atoms with E-state index in [9.17, 15) is 9.59 Å². The van der Waals surface area contributed by atoms with Crippen LogP contribution in [0.25, 0.3) is 6.08 Å². The summed E-state index contributed by atoms with van der Waals surface area (Å²) in [6.45, 7) is 31.1. The second-order valence-corrected chi connectivity index (χ2v) is 30.1. The molecule has 3 aliphatic heterocycles. The Morgan fingerprint density at radius 3 is 2.22 bits per heavy atom. The van der Waals surface area contributed by atoms with Crippen molar-refractivity contribution < 1.29 is 32.7 Å². The molecule has 0 radical (unpaired) electrons. The first-order chi connectivity index (χ1) is 28.3. The van der Waals surface area contributed by atoms with E-state index >= 15 is 0 Å². The number of esters is 1. The monoisotopic (exact) mass is 867 g/mol. The molecule has 0 aliphatic carbocycles. The van der Waals surface area contributed by atoms with Gasteiger partial charge in [0.05, 0.1) is 30.9 Å². The van der Waals surface area contributed by atoms with Crippen molar-refractivity contribution in [1.82, 2.24) is 10.2 Å². The Balaban J connectivity index is 1.50. The number of fused-ring (bicyclic) bond motifs is 1. The zero-order chi connectivity index (χ0) is 44.3. The van der Waals surface area contributed by atoms with Crippen LogP contribution in [0, 0.1) is 0 Å². The molecule has 2 saturated heterocycles. The Labute approximate surface area is 366 Å². The van der Waals surface area contributed by atoms with Crippen LogP contribution in [0.15, 0.2) is 59.8 Å². The number of hydrogen-bond acceptors (Lipinski definition) is 7. The lowest BCUT2D eigenvalue weighted by Gasteiger charge is -2.44. The van der Waals surface area contributed by atoms with Crippen LogP contribution < -0.4 is 5.32 Å². The van der Waals surface area contributed by atoms with Gasteiger partial charge in [-0.05, 0) is 105 Å². The van der Waals surface area contributed by atoms with E-state index in [2.05, 4.69) is 107 Å². The van der Waals surface area contributed by atoms with Gasteiger partial charge in [-0.25, -0.2) is 9.59 Å². The Bertz CT molecular complexity index is 1590. The molecule has 0 unspecified atom stereocenters. The lowest BCUT2D eigenvalue weighted by Crippen LogP contribution is -2.55. The van der Waals surface area contributed by atoms with Crippen molar-refractivity contribution in [2.45, 2.75) is 205 Å². The van der Waals surface area contributed by atoms with Crippen LogP contribution in [0.3, 0.4) is 0 Å². The molecule has 9 nitrogen and oxygen atoms in total. The van der Waals surface area contributed by atoms with E-state index in [4.69, 9.17) is 23.1 Å². The van der Waals surface area contributed by atoms with E-state index in [-0.39, 0.29) is 47.9 Å². The summed E-state index contributed by atoms with van der Waals surface area (Å²) < 4.78 is 32.7. The SMILES string of the molecule is CC[C@@H](/C=C\CCC1(C[C@@H]2CC[C@@H]3C(C(=O)OC/C=C/c4ccccc4)=C(CCC[C@@H](C)O[Si](C)(C)C(C)(C)C)NC(=O)N23)OCCCO1)O[Si](C(C)C)(C(C)C)C(C)C. The normalized spacial score (nSPS) is 21.4. The Kier molecular flexibility index (Phi) is 18.5. The number of amides is 2. The number of allylic oxidation sites excluding steroid dienone is 2. The first-order valence-corrected chi connectivity index (χ1v) is 28.3. The number of hydrogen-bond donors (Lipinski definition) is 1. The standard InChI is InChI=1S/C49H82N2O7Si2/c1-14-42(58-60(36(2)3,37(4)5)38(6)7)27-18-19-31-49(55-33-22-34-56-49)35-41-29-30-44-45(46(52)54-32-21-26-40-24-16-15-17-25-40)43(50-47(53)51(41)44)28-20-23-39(8)57-59(12,13)48(9,10)11/h15-18,21,24-27,36-39,41-42,44H,14,19-20,22-23,28-35H2,1-13H3,(H,50,53)/b26-21+,27-18-/t39-,41+,42+,44-/m1/s1. The maximum Gasteiger partial charge on any atom is 0.338 e. The summed E-state index contributed by atoms with van der Waals surface area (Å²) in [5.74, 6) is -1.19. The second kappa shape index (κ2) is 22.2. The molecule has 60 heavy (non-hydrogen) atoms. The molecule has 0 bridgehead atoms. The minimum absolute atomic E-state index is 0.0709. The molecule has 338 valence electrons. The predicted molar refractivity (Wildman–Crippen MR) is 251 cm³/mol. The summed E-state index contributed by atoms with van der Waals surface area (Å²) in [5, 5.41) is 3.31. The fourth-order valence-electron chi connectivity index (χ4n) is 9.67. The molecule has 4 atom stereocenters. The molecule has 4 rings (SSSR count). The average molecular weight is 867 g/mol. The highest BCUT2D eigenvalue weighted by molar-refractivity contribution is 6.77. The number of benzene rings is 1. The van der Waals surface area contributed by atoms with Crippen LogP contribution in [0.2, 0.25) is 34.8 Å². The largest absolute Gasteiger partial charge is 0.458 e. The smallest absolute Gasteiger partial charge is 0.338 e. The van der Waals surface area contributed by atoms with Gasteiger partial charge >= 0.3 is 12.0 Å². The van der Waals surface area contributed by atoms with Crippen molar-refractivity contribution in [3.05, 3.63) is 65.4 Å². The highest BCUT2D eigenvalue weighted by atomic mass is 28.4. The average Bonchev–Trinajstić information content (AvgIpc) is 3.59. The zero-order valence-electron chi connectivity index (χ0n) is 39.7. The summed E-state index contributed by atoms with van der Waals surface area (Å²) in [6.07, 6.45) is 15.8. The third-order valence-corrected chi connectivity index (χ3v) is 24.4. The summed E-state index contributed by atoms with van der Waals surface area (Å²) in [5.41, 5.74) is 3.86. The van der Waals surface area contributed by atoms with Crippen LogP contribution >= 0.6 is 0 Å². The van der Waals surface area contributed by atoms with Gasteiger partial charge in [-0.2, -0.15) is 0 Å². The molecule has 2 amide bonds. The fourth-order valence-corrected chi connectivity index (χ4v) is 16.7. The van der Waals surface area contributed by atoms with Gasteiger partial charge in [0.15, 0.2) is 14.1 Å². The minimum atomic E-state index is -2.03. The van der Waals surface area contributed by atoms with E-state index in [1.807, 2.05) is 47.4 Å². The van der Waals surface area contributed by atoms with Gasteiger partial charge in [0.2, 0.25) is 8.32 Å². The van der Waals surface area contributed by atoms with Gasteiger partial charge in [0.25, 0.3) is 0 Å². The highest BCUT2D eigenvalue weighted by Gasteiger charge is 2.50. The molecule has 3 aliphatic rings. The Hall–Kier alpha value is -2.55. The number of ether oxygens (including phenoxy) is 3. The summed E-state index contributed by atoms with van der Waals surface area (Å²) in [7, 11) is -3.96. The summed E-state index contributed by atoms with van der Waals surface area (Å²) in [4.78, 5) is 30.1. The Morgan fingerprint density at radius 2 is 1.62 bits per heavy atom. The maximum atomic E-state index is 14.1. The van der Waals surface area contributed by atoms with Gasteiger partial charge in [0, 0.05) is 30.7 Å². The first kappa shape index (κ1) is 50.1. The maximum absolute atomic E-state index is 14.1. The Morgan fingerprint density at radius 1 is 0.967 bits per heavy atom. The molecule has 0 saturated carbocycles. The van der Waals surface area contributed by atoms with Crippen molar-refractivity contribution in [3.63, 3.8) is 0 Å². The topological polar surface area (TPSA) is 95.6 Å². The number of nitrogens with zero attached hydrogens (tertiary/aromatic N) is 1. The summed E-state index contributed by atoms with van der Waals surface area (Å²) >= 11 is 0. The summed E-state index contributed by atoms with van der Waals surface area (Å²) in [6, 6.07) is 9.28. The van der Waals surface area contributed by atoms with Gasteiger partial charge in [0.1, 0.15) is 6.61 Å². The fraction of sp³-hybridized carbons (Fsp3) is 0.714. The molecule has 1 aromatic carbocycles.